The fourth-order valence-electron chi connectivity index (χ4n) is 4.28. The van der Waals surface area contributed by atoms with Gasteiger partial charge in [0.05, 0.1) is 12.3 Å². The first-order valence-electron chi connectivity index (χ1n) is 11.0. The number of nitrogens with zero attached hydrogens (tertiary/aromatic N) is 5. The Balaban J connectivity index is 1.38. The first-order valence-corrected chi connectivity index (χ1v) is 12.2. The third-order valence-corrected chi connectivity index (χ3v) is 6.64. The van der Waals surface area contributed by atoms with Crippen molar-refractivity contribution in [1.82, 2.24) is 24.5 Å². The van der Waals surface area contributed by atoms with Crippen molar-refractivity contribution >= 4 is 35.0 Å². The molecule has 1 unspecified atom stereocenters. The topological polar surface area (TPSA) is 119 Å². The van der Waals surface area contributed by atoms with Crippen molar-refractivity contribution in [2.24, 2.45) is 11.7 Å². The van der Waals surface area contributed by atoms with Gasteiger partial charge >= 0.3 is 0 Å². The van der Waals surface area contributed by atoms with E-state index in [-0.39, 0.29) is 24.2 Å². The average Bonchev–Trinajstić information content (AvgIpc) is 3.21. The summed E-state index contributed by atoms with van der Waals surface area (Å²) in [6, 6.07) is 7.83. The van der Waals surface area contributed by atoms with Gasteiger partial charge in [-0.1, -0.05) is 23.9 Å². The normalized spacial score (nSPS) is 16.8. The van der Waals surface area contributed by atoms with Crippen LogP contribution in [0.15, 0.2) is 29.4 Å². The van der Waals surface area contributed by atoms with E-state index in [9.17, 15) is 9.59 Å². The van der Waals surface area contributed by atoms with Crippen molar-refractivity contribution in [3.63, 3.8) is 0 Å². The highest BCUT2D eigenvalue weighted by atomic mass is 32.2. The van der Waals surface area contributed by atoms with Crippen LogP contribution in [-0.2, 0) is 22.6 Å². The zero-order chi connectivity index (χ0) is 23.5. The molecule has 0 bridgehead atoms. The number of hydrogen-bond donors (Lipinski definition) is 2. The molecular formula is C23H29N7O2S. The van der Waals surface area contributed by atoms with Gasteiger partial charge in [-0.2, -0.15) is 4.98 Å². The van der Waals surface area contributed by atoms with Crippen LogP contribution in [0.25, 0.3) is 5.78 Å². The number of hydrogen-bond acceptors (Lipinski definition) is 7. The number of aryl methyl sites for hydroxylation is 2. The van der Waals surface area contributed by atoms with Gasteiger partial charge in [0, 0.05) is 35.7 Å². The zero-order valence-corrected chi connectivity index (χ0v) is 20.0. The first-order chi connectivity index (χ1) is 15.8. The number of aromatic nitrogens is 4. The summed E-state index contributed by atoms with van der Waals surface area (Å²) in [5.74, 6) is 0.152. The molecule has 1 fully saturated rings. The second kappa shape index (κ2) is 9.88. The number of nitrogens with one attached hydrogen (secondary N) is 1. The van der Waals surface area contributed by atoms with E-state index < -0.39 is 0 Å². The monoisotopic (exact) mass is 467 g/mol. The Morgan fingerprint density at radius 1 is 1.21 bits per heavy atom. The lowest BCUT2D eigenvalue weighted by Crippen LogP contribution is -2.40. The summed E-state index contributed by atoms with van der Waals surface area (Å²) in [5, 5.41) is 8.07. The molecule has 2 aromatic heterocycles. The minimum atomic E-state index is -0.217. The van der Waals surface area contributed by atoms with E-state index in [2.05, 4.69) is 25.3 Å². The number of anilines is 1. The largest absolute Gasteiger partial charge is 0.369 e. The standard InChI is InChI=1S/C23H29N7O2S/c1-14-19(15(2)30-22(25-14)27-23(28-30)33-3)11-20(31)26-18-8-6-16(7-9-18)12-29-10-4-5-17(13-29)21(24)32/h6-9,17H,4-5,10-13H2,1-3H3,(H2,24,32)(H,26,31). The summed E-state index contributed by atoms with van der Waals surface area (Å²) in [6.45, 7) is 6.25. The molecule has 2 amide bonds. The number of piperidine rings is 1. The first kappa shape index (κ1) is 23.2. The fraction of sp³-hybridized carbons (Fsp3) is 0.435. The molecule has 174 valence electrons. The molecule has 3 N–H and O–H groups in total. The molecule has 4 rings (SSSR count). The number of likely N-dealkylation sites (tertiary alicyclic amines) is 1. The average molecular weight is 468 g/mol. The van der Waals surface area contributed by atoms with E-state index in [1.807, 2.05) is 44.4 Å². The van der Waals surface area contributed by atoms with E-state index in [0.29, 0.717) is 17.5 Å². The predicted molar refractivity (Wildman–Crippen MR) is 128 cm³/mol. The van der Waals surface area contributed by atoms with Gasteiger partial charge < -0.3 is 11.1 Å². The molecule has 1 aliphatic rings. The Kier molecular flexibility index (Phi) is 6.94. The number of amides is 2. The van der Waals surface area contributed by atoms with Crippen LogP contribution in [-0.4, -0.2) is 55.6 Å². The van der Waals surface area contributed by atoms with Crippen LogP contribution in [0.4, 0.5) is 5.69 Å². The molecule has 0 radical (unpaired) electrons. The summed E-state index contributed by atoms with van der Waals surface area (Å²) >= 11 is 1.46. The Morgan fingerprint density at radius 2 is 1.97 bits per heavy atom. The van der Waals surface area contributed by atoms with E-state index in [1.54, 1.807) is 4.52 Å². The maximum atomic E-state index is 12.7. The van der Waals surface area contributed by atoms with Crippen LogP contribution >= 0.6 is 11.8 Å². The highest BCUT2D eigenvalue weighted by Gasteiger charge is 2.23. The van der Waals surface area contributed by atoms with Crippen molar-refractivity contribution < 1.29 is 9.59 Å². The van der Waals surface area contributed by atoms with Gasteiger partial charge in [0.25, 0.3) is 5.78 Å². The molecule has 1 aromatic carbocycles. The van der Waals surface area contributed by atoms with Crippen molar-refractivity contribution in [3.8, 4) is 0 Å². The molecule has 1 saturated heterocycles. The van der Waals surface area contributed by atoms with Crippen molar-refractivity contribution in [2.45, 2.75) is 44.8 Å². The van der Waals surface area contributed by atoms with E-state index in [4.69, 9.17) is 5.73 Å². The summed E-state index contributed by atoms with van der Waals surface area (Å²) in [7, 11) is 0. The van der Waals surface area contributed by atoms with Gasteiger partial charge in [-0.05, 0) is 57.2 Å². The maximum Gasteiger partial charge on any atom is 0.253 e. The number of carbonyl (C=O) groups is 2. The van der Waals surface area contributed by atoms with Crippen LogP contribution in [0.1, 0.15) is 35.4 Å². The fourth-order valence-corrected chi connectivity index (χ4v) is 4.62. The van der Waals surface area contributed by atoms with E-state index >= 15 is 0 Å². The lowest BCUT2D eigenvalue weighted by atomic mass is 9.97. The maximum absolute atomic E-state index is 12.7. The number of fused-ring (bicyclic) bond motifs is 1. The molecule has 0 spiro atoms. The summed E-state index contributed by atoms with van der Waals surface area (Å²) < 4.78 is 1.69. The highest BCUT2D eigenvalue weighted by molar-refractivity contribution is 7.98. The summed E-state index contributed by atoms with van der Waals surface area (Å²) in [5.41, 5.74) is 9.85. The minimum Gasteiger partial charge on any atom is -0.369 e. The minimum absolute atomic E-state index is 0.0669. The Hall–Kier alpha value is -2.98. The third-order valence-electron chi connectivity index (χ3n) is 6.10. The lowest BCUT2D eigenvalue weighted by molar-refractivity contribution is -0.123. The number of thioether (sulfide) groups is 1. The smallest absolute Gasteiger partial charge is 0.253 e. The number of nitrogens with two attached hydrogens (primary N) is 1. The van der Waals surface area contributed by atoms with Crippen LogP contribution in [0.3, 0.4) is 0 Å². The second-order valence-corrected chi connectivity index (χ2v) is 9.24. The van der Waals surface area contributed by atoms with Crippen LogP contribution < -0.4 is 11.1 Å². The Morgan fingerprint density at radius 3 is 2.67 bits per heavy atom. The van der Waals surface area contributed by atoms with Gasteiger partial charge in [-0.3, -0.25) is 14.5 Å². The number of rotatable bonds is 7. The number of benzene rings is 1. The molecule has 1 atom stereocenters. The highest BCUT2D eigenvalue weighted by Crippen LogP contribution is 2.20. The van der Waals surface area contributed by atoms with Crippen molar-refractivity contribution in [1.29, 1.82) is 0 Å². The molecule has 0 saturated carbocycles. The van der Waals surface area contributed by atoms with Crippen LogP contribution in [0, 0.1) is 19.8 Å². The number of primary amides is 1. The van der Waals surface area contributed by atoms with Gasteiger partial charge in [0.15, 0.2) is 0 Å². The van der Waals surface area contributed by atoms with Crippen LogP contribution in [0.2, 0.25) is 0 Å². The van der Waals surface area contributed by atoms with Gasteiger partial charge in [0.2, 0.25) is 17.0 Å². The second-order valence-electron chi connectivity index (χ2n) is 8.47. The molecule has 0 aliphatic carbocycles. The van der Waals surface area contributed by atoms with Crippen molar-refractivity contribution in [3.05, 3.63) is 46.8 Å². The summed E-state index contributed by atoms with van der Waals surface area (Å²) in [6.07, 6.45) is 3.97. The molecule has 3 heterocycles. The zero-order valence-electron chi connectivity index (χ0n) is 19.2. The summed E-state index contributed by atoms with van der Waals surface area (Å²) in [4.78, 5) is 35.4. The third kappa shape index (κ3) is 5.33. The molecule has 33 heavy (non-hydrogen) atoms. The molecular weight excluding hydrogens is 438 g/mol. The SMILES string of the molecule is CSc1nc2nc(C)c(CC(=O)Nc3ccc(CN4CCCC(C(N)=O)C4)cc3)c(C)n2n1. The van der Waals surface area contributed by atoms with Crippen LogP contribution in [0.5, 0.6) is 0 Å². The predicted octanol–water partition coefficient (Wildman–Crippen LogP) is 2.34. The van der Waals surface area contributed by atoms with E-state index in [0.717, 1.165) is 54.1 Å². The van der Waals surface area contributed by atoms with Gasteiger partial charge in [0.1, 0.15) is 0 Å². The lowest BCUT2D eigenvalue weighted by Gasteiger charge is -2.31. The van der Waals surface area contributed by atoms with E-state index in [1.165, 1.54) is 11.8 Å². The molecule has 10 heteroatoms. The number of carbonyl (C=O) groups excluding carboxylic acids is 2. The Bertz CT molecular complexity index is 1180. The molecule has 9 nitrogen and oxygen atoms in total. The van der Waals surface area contributed by atoms with Gasteiger partial charge in [-0.15, -0.1) is 5.10 Å². The van der Waals surface area contributed by atoms with Crippen molar-refractivity contribution in [2.75, 3.05) is 24.7 Å². The van der Waals surface area contributed by atoms with Gasteiger partial charge in [-0.25, -0.2) is 9.50 Å². The Labute approximate surface area is 197 Å². The molecule has 1 aliphatic heterocycles. The molecule has 3 aromatic rings. The quantitative estimate of drug-likeness (QED) is 0.512.